The standard InChI is InChI=1S/C14H22O4/c1-16-12(15)13(5-2-6-13)14(9-18-10-14)11-3-7-17-8-4-11/h11H,2-10H2,1H3. The molecule has 0 aromatic rings. The summed E-state index contributed by atoms with van der Waals surface area (Å²) in [4.78, 5) is 12.3. The smallest absolute Gasteiger partial charge is 0.312 e. The summed E-state index contributed by atoms with van der Waals surface area (Å²) in [5.74, 6) is 0.544. The normalized spacial score (nSPS) is 30.1. The molecule has 0 N–H and O–H groups in total. The Balaban J connectivity index is 1.87. The third kappa shape index (κ3) is 1.48. The van der Waals surface area contributed by atoms with Crippen LogP contribution in [0.5, 0.6) is 0 Å². The molecular weight excluding hydrogens is 232 g/mol. The van der Waals surface area contributed by atoms with E-state index in [0.717, 1.165) is 58.5 Å². The van der Waals surface area contributed by atoms with E-state index < -0.39 is 0 Å². The fourth-order valence-corrected chi connectivity index (χ4v) is 4.11. The molecule has 0 bridgehead atoms. The minimum Gasteiger partial charge on any atom is -0.469 e. The van der Waals surface area contributed by atoms with E-state index in [2.05, 4.69) is 0 Å². The topological polar surface area (TPSA) is 44.8 Å². The second-order valence-corrected chi connectivity index (χ2v) is 5.96. The van der Waals surface area contributed by atoms with Gasteiger partial charge in [0.1, 0.15) is 0 Å². The molecule has 0 atom stereocenters. The number of rotatable bonds is 3. The average Bonchev–Trinajstić information content (AvgIpc) is 2.31. The van der Waals surface area contributed by atoms with Gasteiger partial charge in [-0.3, -0.25) is 4.79 Å². The molecule has 0 aromatic heterocycles. The van der Waals surface area contributed by atoms with Gasteiger partial charge in [0.05, 0.1) is 25.7 Å². The fraction of sp³-hybridized carbons (Fsp3) is 0.929. The van der Waals surface area contributed by atoms with Crippen LogP contribution in [-0.2, 0) is 19.0 Å². The molecule has 0 radical (unpaired) electrons. The van der Waals surface area contributed by atoms with Gasteiger partial charge in [-0.15, -0.1) is 0 Å². The third-order valence-corrected chi connectivity index (χ3v) is 5.46. The number of hydrogen-bond acceptors (Lipinski definition) is 4. The highest BCUT2D eigenvalue weighted by Gasteiger charge is 2.66. The van der Waals surface area contributed by atoms with Crippen molar-refractivity contribution in [2.75, 3.05) is 33.5 Å². The van der Waals surface area contributed by atoms with Gasteiger partial charge in [-0.1, -0.05) is 6.42 Å². The van der Waals surface area contributed by atoms with E-state index in [1.54, 1.807) is 0 Å². The lowest BCUT2D eigenvalue weighted by Crippen LogP contribution is -2.66. The Hall–Kier alpha value is -0.610. The average molecular weight is 254 g/mol. The third-order valence-electron chi connectivity index (χ3n) is 5.46. The summed E-state index contributed by atoms with van der Waals surface area (Å²) in [5, 5.41) is 0. The van der Waals surface area contributed by atoms with E-state index >= 15 is 0 Å². The van der Waals surface area contributed by atoms with Gasteiger partial charge < -0.3 is 14.2 Å². The maximum absolute atomic E-state index is 12.3. The van der Waals surface area contributed by atoms with Crippen molar-refractivity contribution in [3.8, 4) is 0 Å². The first kappa shape index (κ1) is 12.4. The fourth-order valence-electron chi connectivity index (χ4n) is 4.11. The predicted octanol–water partition coefficient (Wildman–Crippen LogP) is 1.77. The largest absolute Gasteiger partial charge is 0.469 e. The van der Waals surface area contributed by atoms with Crippen molar-refractivity contribution in [3.05, 3.63) is 0 Å². The first-order valence-corrected chi connectivity index (χ1v) is 6.99. The predicted molar refractivity (Wildman–Crippen MR) is 65.1 cm³/mol. The molecule has 2 heterocycles. The van der Waals surface area contributed by atoms with Crippen molar-refractivity contribution in [2.45, 2.75) is 32.1 Å². The van der Waals surface area contributed by atoms with Gasteiger partial charge in [-0.05, 0) is 31.6 Å². The zero-order valence-corrected chi connectivity index (χ0v) is 11.1. The lowest BCUT2D eigenvalue weighted by Gasteiger charge is -2.61. The number of carbonyl (C=O) groups excluding carboxylic acids is 1. The first-order chi connectivity index (χ1) is 8.75. The molecule has 0 amide bonds. The molecule has 1 aliphatic carbocycles. The van der Waals surface area contributed by atoms with Crippen LogP contribution in [0.25, 0.3) is 0 Å². The van der Waals surface area contributed by atoms with Gasteiger partial charge in [0.2, 0.25) is 0 Å². The van der Waals surface area contributed by atoms with Crippen LogP contribution in [0.3, 0.4) is 0 Å². The molecule has 4 heteroatoms. The van der Waals surface area contributed by atoms with Crippen LogP contribution in [0, 0.1) is 16.7 Å². The molecule has 0 aromatic carbocycles. The van der Waals surface area contributed by atoms with E-state index in [-0.39, 0.29) is 16.8 Å². The molecule has 0 spiro atoms. The zero-order valence-electron chi connectivity index (χ0n) is 11.1. The lowest BCUT2D eigenvalue weighted by atomic mass is 9.47. The van der Waals surface area contributed by atoms with E-state index in [0.29, 0.717) is 5.92 Å². The van der Waals surface area contributed by atoms with E-state index in [9.17, 15) is 4.79 Å². The van der Waals surface area contributed by atoms with Crippen molar-refractivity contribution in [3.63, 3.8) is 0 Å². The Morgan fingerprint density at radius 3 is 2.22 bits per heavy atom. The quantitative estimate of drug-likeness (QED) is 0.720. The number of esters is 1. The molecule has 102 valence electrons. The van der Waals surface area contributed by atoms with Crippen LogP contribution in [0.1, 0.15) is 32.1 Å². The number of carbonyl (C=O) groups is 1. The number of methoxy groups -OCH3 is 1. The lowest BCUT2D eigenvalue weighted by molar-refractivity contribution is -0.253. The van der Waals surface area contributed by atoms with Crippen LogP contribution in [0.2, 0.25) is 0 Å². The Morgan fingerprint density at radius 1 is 1.17 bits per heavy atom. The van der Waals surface area contributed by atoms with E-state index in [1.807, 2.05) is 0 Å². The van der Waals surface area contributed by atoms with Gasteiger partial charge >= 0.3 is 5.97 Å². The van der Waals surface area contributed by atoms with Gasteiger partial charge in [-0.25, -0.2) is 0 Å². The van der Waals surface area contributed by atoms with Crippen molar-refractivity contribution < 1.29 is 19.0 Å². The van der Waals surface area contributed by atoms with Gasteiger partial charge in [0.25, 0.3) is 0 Å². The summed E-state index contributed by atoms with van der Waals surface area (Å²) in [6.45, 7) is 3.10. The minimum atomic E-state index is -0.262. The molecule has 1 saturated carbocycles. The summed E-state index contributed by atoms with van der Waals surface area (Å²) >= 11 is 0. The van der Waals surface area contributed by atoms with Crippen molar-refractivity contribution >= 4 is 5.97 Å². The molecule has 3 aliphatic rings. The molecule has 2 saturated heterocycles. The second-order valence-electron chi connectivity index (χ2n) is 5.96. The van der Waals surface area contributed by atoms with Gasteiger partial charge in [-0.2, -0.15) is 0 Å². The Labute approximate surface area is 108 Å². The highest BCUT2D eigenvalue weighted by Crippen LogP contribution is 2.62. The van der Waals surface area contributed by atoms with Crippen LogP contribution < -0.4 is 0 Å². The Morgan fingerprint density at radius 2 is 1.83 bits per heavy atom. The van der Waals surface area contributed by atoms with Crippen LogP contribution >= 0.6 is 0 Å². The minimum absolute atomic E-state index is 0.0106. The van der Waals surface area contributed by atoms with Crippen molar-refractivity contribution in [1.29, 1.82) is 0 Å². The van der Waals surface area contributed by atoms with E-state index in [1.165, 1.54) is 7.11 Å². The van der Waals surface area contributed by atoms with E-state index in [4.69, 9.17) is 14.2 Å². The second kappa shape index (κ2) is 4.49. The van der Waals surface area contributed by atoms with Gasteiger partial charge in [0, 0.05) is 18.6 Å². The van der Waals surface area contributed by atoms with Crippen molar-refractivity contribution in [1.82, 2.24) is 0 Å². The summed E-state index contributed by atoms with van der Waals surface area (Å²) in [5.41, 5.74) is -0.232. The molecule has 2 aliphatic heterocycles. The first-order valence-electron chi connectivity index (χ1n) is 6.99. The SMILES string of the molecule is COC(=O)C1(C2(C3CCOCC3)COC2)CCC1. The molecule has 0 unspecified atom stereocenters. The molecular formula is C14H22O4. The summed E-state index contributed by atoms with van der Waals surface area (Å²) in [6, 6.07) is 0. The molecule has 4 nitrogen and oxygen atoms in total. The molecule has 3 rings (SSSR count). The number of ether oxygens (including phenoxy) is 3. The monoisotopic (exact) mass is 254 g/mol. The van der Waals surface area contributed by atoms with Crippen LogP contribution in [0.15, 0.2) is 0 Å². The summed E-state index contributed by atoms with van der Waals surface area (Å²) < 4.78 is 16.1. The highest BCUT2D eigenvalue weighted by atomic mass is 16.5. The van der Waals surface area contributed by atoms with Crippen molar-refractivity contribution in [2.24, 2.45) is 16.7 Å². The maximum Gasteiger partial charge on any atom is 0.312 e. The molecule has 18 heavy (non-hydrogen) atoms. The summed E-state index contributed by atoms with van der Waals surface area (Å²) in [6.07, 6.45) is 5.20. The summed E-state index contributed by atoms with van der Waals surface area (Å²) in [7, 11) is 1.51. The number of hydrogen-bond donors (Lipinski definition) is 0. The molecule has 3 fully saturated rings. The van der Waals surface area contributed by atoms with Gasteiger partial charge in [0.15, 0.2) is 0 Å². The highest BCUT2D eigenvalue weighted by molar-refractivity contribution is 5.79. The maximum atomic E-state index is 12.3. The Kier molecular flexibility index (Phi) is 3.10. The van der Waals surface area contributed by atoms with Crippen LogP contribution in [-0.4, -0.2) is 39.5 Å². The Bertz CT molecular complexity index is 325. The van der Waals surface area contributed by atoms with Crippen LogP contribution in [0.4, 0.5) is 0 Å². The zero-order chi connectivity index (χ0) is 12.6.